The van der Waals surface area contributed by atoms with Gasteiger partial charge in [-0.15, -0.1) is 0 Å². The molecule has 0 aliphatic rings. The van der Waals surface area contributed by atoms with Crippen LogP contribution in [0.1, 0.15) is 24.0 Å². The Bertz CT molecular complexity index is 906. The van der Waals surface area contributed by atoms with E-state index in [9.17, 15) is 4.79 Å². The molecule has 0 radical (unpaired) electrons. The fourth-order valence-corrected chi connectivity index (χ4v) is 2.94. The third-order valence-electron chi connectivity index (χ3n) is 4.49. The number of aliphatic carboxylic acids is 1. The van der Waals surface area contributed by atoms with Crippen LogP contribution in [0.4, 0.5) is 0 Å². The molecule has 0 atom stereocenters. The van der Waals surface area contributed by atoms with E-state index in [0.717, 1.165) is 30.6 Å². The van der Waals surface area contributed by atoms with Crippen molar-refractivity contribution >= 4 is 5.97 Å². The summed E-state index contributed by atoms with van der Waals surface area (Å²) in [6.07, 6.45) is 3.17. The Morgan fingerprint density at radius 2 is 1.37 bits per heavy atom. The van der Waals surface area contributed by atoms with Gasteiger partial charge in [-0.25, -0.2) is 4.79 Å². The number of carboxylic acid groups (broad SMARTS) is 1. The summed E-state index contributed by atoms with van der Waals surface area (Å²) in [5.41, 5.74) is 2.34. The van der Waals surface area contributed by atoms with Gasteiger partial charge in [-0.05, 0) is 54.7 Å². The standard InChI is InChI=1S/C25H26O5/c26-25(27)19-30-24-12-5-4-11-23(24)29-18-21-13-15-22(16-14-21)28-17-7-6-10-20-8-2-1-3-9-20/h1-5,8-9,11-16H,6-7,10,17-19H2,(H,26,27). The van der Waals surface area contributed by atoms with E-state index in [0.29, 0.717) is 24.7 Å². The molecule has 0 unspecified atom stereocenters. The summed E-state index contributed by atoms with van der Waals surface area (Å²) in [7, 11) is 0. The first-order valence-electron chi connectivity index (χ1n) is 10.0. The fraction of sp³-hybridized carbons (Fsp3) is 0.240. The number of hydrogen-bond donors (Lipinski definition) is 1. The van der Waals surface area contributed by atoms with Crippen LogP contribution in [0, 0.1) is 0 Å². The van der Waals surface area contributed by atoms with E-state index in [-0.39, 0.29) is 0 Å². The molecule has 156 valence electrons. The fourth-order valence-electron chi connectivity index (χ4n) is 2.94. The van der Waals surface area contributed by atoms with Gasteiger partial charge in [-0.2, -0.15) is 0 Å². The maximum absolute atomic E-state index is 10.7. The first-order chi connectivity index (χ1) is 14.7. The number of benzene rings is 3. The predicted molar refractivity (Wildman–Crippen MR) is 115 cm³/mol. The molecular weight excluding hydrogens is 380 g/mol. The highest BCUT2D eigenvalue weighted by Crippen LogP contribution is 2.27. The molecule has 0 saturated carbocycles. The summed E-state index contributed by atoms with van der Waals surface area (Å²) in [6, 6.07) is 25.3. The topological polar surface area (TPSA) is 65.0 Å². The van der Waals surface area contributed by atoms with Gasteiger partial charge in [-0.3, -0.25) is 0 Å². The van der Waals surface area contributed by atoms with Crippen LogP contribution in [0.15, 0.2) is 78.9 Å². The van der Waals surface area contributed by atoms with E-state index in [1.807, 2.05) is 36.4 Å². The van der Waals surface area contributed by atoms with Crippen molar-refractivity contribution in [3.05, 3.63) is 90.0 Å². The highest BCUT2D eigenvalue weighted by atomic mass is 16.5. The van der Waals surface area contributed by atoms with Crippen molar-refractivity contribution in [3.63, 3.8) is 0 Å². The molecule has 0 aromatic heterocycles. The number of ether oxygens (including phenoxy) is 3. The molecule has 0 heterocycles. The SMILES string of the molecule is O=C(O)COc1ccccc1OCc1ccc(OCCCCc2ccccc2)cc1. The molecule has 3 aromatic carbocycles. The van der Waals surface area contributed by atoms with Crippen molar-refractivity contribution in [2.24, 2.45) is 0 Å². The van der Waals surface area contributed by atoms with Crippen LogP contribution in [0.25, 0.3) is 0 Å². The third-order valence-corrected chi connectivity index (χ3v) is 4.49. The van der Waals surface area contributed by atoms with E-state index in [2.05, 4.69) is 24.3 Å². The van der Waals surface area contributed by atoms with Crippen molar-refractivity contribution in [3.8, 4) is 17.2 Å². The Kier molecular flexibility index (Phi) is 8.15. The Labute approximate surface area is 176 Å². The normalized spacial score (nSPS) is 10.4. The van der Waals surface area contributed by atoms with Gasteiger partial charge in [-0.1, -0.05) is 54.6 Å². The molecule has 30 heavy (non-hydrogen) atoms. The van der Waals surface area contributed by atoms with Crippen molar-refractivity contribution in [2.45, 2.75) is 25.9 Å². The van der Waals surface area contributed by atoms with E-state index < -0.39 is 12.6 Å². The van der Waals surface area contributed by atoms with Gasteiger partial charge in [0, 0.05) is 0 Å². The Morgan fingerprint density at radius 3 is 2.07 bits per heavy atom. The molecule has 1 N–H and O–H groups in total. The smallest absolute Gasteiger partial charge is 0.341 e. The van der Waals surface area contributed by atoms with Gasteiger partial charge in [0.05, 0.1) is 6.61 Å². The first kappa shape index (κ1) is 21.2. The molecule has 0 fully saturated rings. The molecule has 0 amide bonds. The third kappa shape index (κ3) is 7.17. The van der Waals surface area contributed by atoms with E-state index in [1.165, 1.54) is 5.56 Å². The van der Waals surface area contributed by atoms with Crippen molar-refractivity contribution < 1.29 is 24.1 Å². The van der Waals surface area contributed by atoms with Gasteiger partial charge < -0.3 is 19.3 Å². The zero-order valence-corrected chi connectivity index (χ0v) is 16.8. The summed E-state index contributed by atoms with van der Waals surface area (Å²) in [6.45, 7) is 0.638. The second-order valence-corrected chi connectivity index (χ2v) is 6.85. The zero-order chi connectivity index (χ0) is 21.0. The first-order valence-corrected chi connectivity index (χ1v) is 10.0. The van der Waals surface area contributed by atoms with Gasteiger partial charge >= 0.3 is 5.97 Å². The summed E-state index contributed by atoms with van der Waals surface area (Å²) >= 11 is 0. The predicted octanol–water partition coefficient (Wildman–Crippen LogP) is 5.13. The average molecular weight is 406 g/mol. The van der Waals surface area contributed by atoms with Crippen LogP contribution in [0.3, 0.4) is 0 Å². The lowest BCUT2D eigenvalue weighted by Gasteiger charge is -2.12. The molecule has 5 heteroatoms. The second kappa shape index (κ2) is 11.5. The second-order valence-electron chi connectivity index (χ2n) is 6.85. The van der Waals surface area contributed by atoms with Gasteiger partial charge in [0.2, 0.25) is 0 Å². The maximum atomic E-state index is 10.7. The largest absolute Gasteiger partial charge is 0.494 e. The van der Waals surface area contributed by atoms with E-state index in [4.69, 9.17) is 19.3 Å². The molecule has 0 spiro atoms. The van der Waals surface area contributed by atoms with Crippen LogP contribution in [0.2, 0.25) is 0 Å². The minimum absolute atomic E-state index is 0.352. The molecule has 5 nitrogen and oxygen atoms in total. The lowest BCUT2D eigenvalue weighted by atomic mass is 10.1. The zero-order valence-electron chi connectivity index (χ0n) is 16.8. The van der Waals surface area contributed by atoms with Crippen LogP contribution >= 0.6 is 0 Å². The minimum atomic E-state index is -1.03. The highest BCUT2D eigenvalue weighted by Gasteiger charge is 2.07. The summed E-state index contributed by atoms with van der Waals surface area (Å²) in [5, 5.41) is 8.77. The number of para-hydroxylation sites is 2. The van der Waals surface area contributed by atoms with Gasteiger partial charge in [0.1, 0.15) is 12.4 Å². The Balaban J connectivity index is 1.40. The Morgan fingerprint density at radius 1 is 0.700 bits per heavy atom. The molecule has 3 aromatic rings. The van der Waals surface area contributed by atoms with E-state index in [1.54, 1.807) is 18.2 Å². The molecule has 0 saturated heterocycles. The van der Waals surface area contributed by atoms with Crippen LogP contribution in [-0.2, 0) is 17.8 Å². The number of unbranched alkanes of at least 4 members (excludes halogenated alkanes) is 1. The molecule has 0 aliphatic carbocycles. The quantitative estimate of drug-likeness (QED) is 0.422. The average Bonchev–Trinajstić information content (AvgIpc) is 2.78. The minimum Gasteiger partial charge on any atom is -0.494 e. The van der Waals surface area contributed by atoms with Gasteiger partial charge in [0.25, 0.3) is 0 Å². The van der Waals surface area contributed by atoms with Crippen LogP contribution < -0.4 is 14.2 Å². The highest BCUT2D eigenvalue weighted by molar-refractivity contribution is 5.68. The number of hydrogen-bond acceptors (Lipinski definition) is 4. The summed E-state index contributed by atoms with van der Waals surface area (Å²) in [5.74, 6) is 0.733. The van der Waals surface area contributed by atoms with Crippen LogP contribution in [-0.4, -0.2) is 24.3 Å². The van der Waals surface area contributed by atoms with Crippen LogP contribution in [0.5, 0.6) is 17.2 Å². The molecule has 0 aliphatic heterocycles. The molecule has 3 rings (SSSR count). The summed E-state index contributed by atoms with van der Waals surface area (Å²) < 4.78 is 16.9. The molecule has 0 bridgehead atoms. The van der Waals surface area contributed by atoms with Crippen molar-refractivity contribution in [1.82, 2.24) is 0 Å². The number of carboxylic acids is 1. The van der Waals surface area contributed by atoms with Crippen molar-refractivity contribution in [1.29, 1.82) is 0 Å². The summed E-state index contributed by atoms with van der Waals surface area (Å²) in [4.78, 5) is 10.7. The molecular formula is C25H26O5. The number of rotatable bonds is 12. The maximum Gasteiger partial charge on any atom is 0.341 e. The lowest BCUT2D eigenvalue weighted by Crippen LogP contribution is -2.10. The Hall–Kier alpha value is -3.47. The van der Waals surface area contributed by atoms with Gasteiger partial charge in [0.15, 0.2) is 18.1 Å². The lowest BCUT2D eigenvalue weighted by molar-refractivity contribution is -0.139. The van der Waals surface area contributed by atoms with Crippen molar-refractivity contribution in [2.75, 3.05) is 13.2 Å². The number of aryl methyl sites for hydroxylation is 1. The monoisotopic (exact) mass is 406 g/mol. The number of carbonyl (C=O) groups is 1. The van der Waals surface area contributed by atoms with E-state index >= 15 is 0 Å².